The van der Waals surface area contributed by atoms with Crippen molar-refractivity contribution in [1.29, 1.82) is 0 Å². The van der Waals surface area contributed by atoms with Gasteiger partial charge in [0, 0.05) is 12.4 Å². The molecule has 1 N–H and O–H groups in total. The summed E-state index contributed by atoms with van der Waals surface area (Å²) in [4.78, 5) is 16.3. The Morgan fingerprint density at radius 2 is 2.21 bits per heavy atom. The van der Waals surface area contributed by atoms with Crippen LogP contribution in [0.3, 0.4) is 0 Å². The summed E-state index contributed by atoms with van der Waals surface area (Å²) in [5, 5.41) is 3.24. The van der Waals surface area contributed by atoms with Crippen molar-refractivity contribution in [2.75, 3.05) is 0 Å². The highest BCUT2D eigenvalue weighted by Crippen LogP contribution is 2.33. The number of nitrogens with one attached hydrogen (secondary N) is 1. The second-order valence-electron chi connectivity index (χ2n) is 5.51. The number of nitrogens with zero attached hydrogens (tertiary/aromatic N) is 1. The fourth-order valence-electron chi connectivity index (χ4n) is 2.91. The van der Waals surface area contributed by atoms with Crippen molar-refractivity contribution >= 4 is 17.5 Å². The predicted octanol–water partition coefficient (Wildman–Crippen LogP) is 4.14. The molecular weight excluding hydrogens is 338 g/mol. The van der Waals surface area contributed by atoms with Gasteiger partial charge in [-0.2, -0.15) is 8.78 Å². The molecule has 0 radical (unpaired) electrons. The molecule has 0 saturated heterocycles. The van der Waals surface area contributed by atoms with Gasteiger partial charge in [0.05, 0.1) is 16.6 Å². The minimum Gasteiger partial charge on any atom is -0.435 e. The minimum atomic E-state index is -2.85. The van der Waals surface area contributed by atoms with Gasteiger partial charge >= 0.3 is 6.61 Å². The van der Waals surface area contributed by atoms with Gasteiger partial charge in [0.1, 0.15) is 5.75 Å². The second kappa shape index (κ2) is 7.13. The van der Waals surface area contributed by atoms with Crippen LogP contribution in [0.1, 0.15) is 40.4 Å². The summed E-state index contributed by atoms with van der Waals surface area (Å²) < 4.78 is 29.1. The van der Waals surface area contributed by atoms with E-state index in [-0.39, 0.29) is 22.7 Å². The maximum Gasteiger partial charge on any atom is 0.387 e. The number of benzene rings is 1. The highest BCUT2D eigenvalue weighted by atomic mass is 35.5. The number of halogens is 3. The molecule has 4 nitrogen and oxygen atoms in total. The number of amides is 1. The second-order valence-corrected chi connectivity index (χ2v) is 5.92. The number of ether oxygens (including phenoxy) is 1. The van der Waals surface area contributed by atoms with E-state index in [1.807, 2.05) is 0 Å². The SMILES string of the molecule is O=C(N[C@@H]1CCCc2cc(OC(F)F)ccc21)c1ccncc1Cl. The maximum atomic E-state index is 12.4. The standard InChI is InChI=1S/C17H15ClF2N2O2/c18-14-9-21-7-6-13(14)16(23)22-15-3-1-2-10-8-11(24-17(19)20)4-5-12(10)15/h4-9,15,17H,1-3H2,(H,22,23)/t15-/m1/s1. The summed E-state index contributed by atoms with van der Waals surface area (Å²) in [7, 11) is 0. The van der Waals surface area contributed by atoms with Gasteiger partial charge < -0.3 is 10.1 Å². The van der Waals surface area contributed by atoms with Crippen LogP contribution in [0, 0.1) is 0 Å². The van der Waals surface area contributed by atoms with Gasteiger partial charge in [0.2, 0.25) is 0 Å². The van der Waals surface area contributed by atoms with E-state index in [9.17, 15) is 13.6 Å². The first-order chi connectivity index (χ1) is 11.5. The minimum absolute atomic E-state index is 0.132. The lowest BCUT2D eigenvalue weighted by molar-refractivity contribution is -0.0499. The Morgan fingerprint density at radius 1 is 1.38 bits per heavy atom. The van der Waals surface area contributed by atoms with E-state index >= 15 is 0 Å². The normalized spacial score (nSPS) is 16.6. The highest BCUT2D eigenvalue weighted by Gasteiger charge is 2.23. The van der Waals surface area contributed by atoms with E-state index in [4.69, 9.17) is 11.6 Å². The molecule has 1 aromatic carbocycles. The smallest absolute Gasteiger partial charge is 0.387 e. The molecule has 1 aliphatic rings. The summed E-state index contributed by atoms with van der Waals surface area (Å²) in [6.45, 7) is -2.85. The summed E-state index contributed by atoms with van der Waals surface area (Å²) in [6.07, 6.45) is 5.30. The van der Waals surface area contributed by atoms with E-state index in [1.54, 1.807) is 18.2 Å². The Bertz CT molecular complexity index is 755. The molecular formula is C17H15ClF2N2O2. The zero-order chi connectivity index (χ0) is 17.1. The van der Waals surface area contributed by atoms with Gasteiger partial charge in [-0.05, 0) is 48.6 Å². The monoisotopic (exact) mass is 352 g/mol. The van der Waals surface area contributed by atoms with Crippen LogP contribution >= 0.6 is 11.6 Å². The molecule has 1 aliphatic carbocycles. The van der Waals surface area contributed by atoms with Crippen LogP contribution in [0.2, 0.25) is 5.02 Å². The zero-order valence-corrected chi connectivity index (χ0v) is 13.4. The van der Waals surface area contributed by atoms with Crippen LogP contribution in [-0.2, 0) is 6.42 Å². The van der Waals surface area contributed by atoms with Crippen molar-refractivity contribution in [3.05, 3.63) is 58.4 Å². The third kappa shape index (κ3) is 3.64. The van der Waals surface area contributed by atoms with Crippen molar-refractivity contribution < 1.29 is 18.3 Å². The maximum absolute atomic E-state index is 12.4. The Balaban J connectivity index is 1.80. The Labute approximate surface area is 142 Å². The van der Waals surface area contributed by atoms with Crippen LogP contribution in [0.15, 0.2) is 36.7 Å². The molecule has 2 aromatic rings. The summed E-state index contributed by atoms with van der Waals surface area (Å²) >= 11 is 6.00. The van der Waals surface area contributed by atoms with E-state index in [0.29, 0.717) is 5.56 Å². The number of aromatic nitrogens is 1. The highest BCUT2D eigenvalue weighted by molar-refractivity contribution is 6.33. The lowest BCUT2D eigenvalue weighted by atomic mass is 9.87. The number of hydrogen-bond donors (Lipinski definition) is 1. The van der Waals surface area contributed by atoms with E-state index in [2.05, 4.69) is 15.0 Å². The quantitative estimate of drug-likeness (QED) is 0.899. The molecule has 0 aliphatic heterocycles. The van der Waals surface area contributed by atoms with Crippen molar-refractivity contribution in [3.63, 3.8) is 0 Å². The number of fused-ring (bicyclic) bond motifs is 1. The first-order valence-electron chi connectivity index (χ1n) is 7.52. The topological polar surface area (TPSA) is 51.2 Å². The van der Waals surface area contributed by atoms with Crippen LogP contribution in [-0.4, -0.2) is 17.5 Å². The van der Waals surface area contributed by atoms with Crippen LogP contribution in [0.25, 0.3) is 0 Å². The van der Waals surface area contributed by atoms with Crippen LogP contribution in [0.4, 0.5) is 8.78 Å². The summed E-state index contributed by atoms with van der Waals surface area (Å²) in [6, 6.07) is 6.20. The number of carbonyl (C=O) groups is 1. The number of pyridine rings is 1. The summed E-state index contributed by atoms with van der Waals surface area (Å²) in [5.41, 5.74) is 2.18. The Morgan fingerprint density at radius 3 is 2.96 bits per heavy atom. The fourth-order valence-corrected chi connectivity index (χ4v) is 3.12. The molecule has 126 valence electrons. The summed E-state index contributed by atoms with van der Waals surface area (Å²) in [5.74, 6) is -0.152. The number of carbonyl (C=O) groups excluding carboxylic acids is 1. The third-order valence-electron chi connectivity index (χ3n) is 3.98. The zero-order valence-electron chi connectivity index (χ0n) is 12.6. The molecule has 0 unspecified atom stereocenters. The first kappa shape index (κ1) is 16.6. The van der Waals surface area contributed by atoms with Crippen LogP contribution in [0.5, 0.6) is 5.75 Å². The number of rotatable bonds is 4. The predicted molar refractivity (Wildman–Crippen MR) is 85.5 cm³/mol. The van der Waals surface area contributed by atoms with Gasteiger partial charge in [-0.3, -0.25) is 9.78 Å². The van der Waals surface area contributed by atoms with E-state index < -0.39 is 6.61 Å². The van der Waals surface area contributed by atoms with Crippen molar-refractivity contribution in [2.24, 2.45) is 0 Å². The third-order valence-corrected chi connectivity index (χ3v) is 4.28. The molecule has 1 aromatic heterocycles. The van der Waals surface area contributed by atoms with Crippen molar-refractivity contribution in [1.82, 2.24) is 10.3 Å². The molecule has 7 heteroatoms. The van der Waals surface area contributed by atoms with Gasteiger partial charge in [-0.1, -0.05) is 17.7 Å². The van der Waals surface area contributed by atoms with E-state index in [0.717, 1.165) is 30.4 Å². The van der Waals surface area contributed by atoms with Gasteiger partial charge in [-0.15, -0.1) is 0 Å². The van der Waals surface area contributed by atoms with E-state index in [1.165, 1.54) is 18.5 Å². The molecule has 1 heterocycles. The van der Waals surface area contributed by atoms with Crippen molar-refractivity contribution in [3.8, 4) is 5.75 Å². The molecule has 3 rings (SSSR count). The fraction of sp³-hybridized carbons (Fsp3) is 0.294. The lowest BCUT2D eigenvalue weighted by Crippen LogP contribution is -2.31. The molecule has 0 spiro atoms. The van der Waals surface area contributed by atoms with Crippen LogP contribution < -0.4 is 10.1 Å². The number of hydrogen-bond acceptors (Lipinski definition) is 3. The largest absolute Gasteiger partial charge is 0.435 e. The van der Waals surface area contributed by atoms with Gasteiger partial charge in [0.15, 0.2) is 0 Å². The van der Waals surface area contributed by atoms with Crippen molar-refractivity contribution in [2.45, 2.75) is 31.9 Å². The average molecular weight is 353 g/mol. The first-order valence-corrected chi connectivity index (χ1v) is 7.90. The lowest BCUT2D eigenvalue weighted by Gasteiger charge is -2.27. The molecule has 1 amide bonds. The molecule has 0 saturated carbocycles. The molecule has 0 fully saturated rings. The molecule has 24 heavy (non-hydrogen) atoms. The Hall–Kier alpha value is -2.21. The number of aryl methyl sites for hydroxylation is 1. The molecule has 0 bridgehead atoms. The van der Waals surface area contributed by atoms with Gasteiger partial charge in [0.25, 0.3) is 5.91 Å². The average Bonchev–Trinajstić information content (AvgIpc) is 2.54. The number of alkyl halides is 2. The Kier molecular flexibility index (Phi) is 4.94. The van der Waals surface area contributed by atoms with Gasteiger partial charge in [-0.25, -0.2) is 0 Å². The molecule has 1 atom stereocenters.